The summed E-state index contributed by atoms with van der Waals surface area (Å²) in [6.45, 7) is 0. The van der Waals surface area contributed by atoms with Crippen LogP contribution >= 0.6 is 0 Å². The molecule has 2 aromatic rings. The second-order valence-corrected chi connectivity index (χ2v) is 5.89. The first-order valence-electron chi connectivity index (χ1n) is 7.63. The number of ether oxygens (including phenoxy) is 1. The predicted molar refractivity (Wildman–Crippen MR) is 86.2 cm³/mol. The first-order chi connectivity index (χ1) is 11.1. The number of para-hydroxylation sites is 1. The fourth-order valence-electron chi connectivity index (χ4n) is 2.64. The number of nitrogens with zero attached hydrogens (tertiary/aromatic N) is 1. The van der Waals surface area contributed by atoms with Crippen LogP contribution in [0.4, 0.5) is 5.69 Å². The fourth-order valence-corrected chi connectivity index (χ4v) is 2.64. The van der Waals surface area contributed by atoms with Crippen molar-refractivity contribution in [2.45, 2.75) is 18.9 Å². The lowest BCUT2D eigenvalue weighted by Crippen LogP contribution is -2.27. The Morgan fingerprint density at radius 3 is 2.74 bits per heavy atom. The number of hydrogen-bond donors (Lipinski definition) is 1. The first kappa shape index (κ1) is 13.8. The van der Waals surface area contributed by atoms with Crippen LogP contribution in [0.2, 0.25) is 0 Å². The molecular weight excluding hydrogens is 292 g/mol. The highest BCUT2D eigenvalue weighted by molar-refractivity contribution is 6.10. The van der Waals surface area contributed by atoms with E-state index in [1.54, 1.807) is 43.4 Å². The van der Waals surface area contributed by atoms with Crippen LogP contribution in [0.25, 0.3) is 0 Å². The van der Waals surface area contributed by atoms with Crippen LogP contribution in [0.1, 0.15) is 33.6 Å². The number of benzene rings is 2. The van der Waals surface area contributed by atoms with Gasteiger partial charge in [0.25, 0.3) is 11.8 Å². The molecule has 23 heavy (non-hydrogen) atoms. The molecule has 0 aromatic heterocycles. The normalized spacial score (nSPS) is 16.0. The van der Waals surface area contributed by atoms with Crippen LogP contribution in [0.5, 0.6) is 11.5 Å². The Morgan fingerprint density at radius 2 is 1.96 bits per heavy atom. The molecule has 5 nitrogen and oxygen atoms in total. The molecule has 2 aromatic carbocycles. The molecule has 0 atom stereocenters. The Balaban J connectivity index is 1.74. The van der Waals surface area contributed by atoms with Gasteiger partial charge in [-0.05, 0) is 43.2 Å². The average molecular weight is 308 g/mol. The van der Waals surface area contributed by atoms with Crippen molar-refractivity contribution < 1.29 is 14.3 Å². The highest BCUT2D eigenvalue weighted by Gasteiger charge is 2.27. The molecule has 1 aliphatic heterocycles. The van der Waals surface area contributed by atoms with Crippen LogP contribution in [-0.2, 0) is 0 Å². The van der Waals surface area contributed by atoms with Gasteiger partial charge in [-0.2, -0.15) is 0 Å². The zero-order valence-electron chi connectivity index (χ0n) is 12.7. The number of carbonyl (C=O) groups excluding carboxylic acids is 2. The molecule has 1 heterocycles. The maximum absolute atomic E-state index is 12.6. The minimum absolute atomic E-state index is 0.113. The van der Waals surface area contributed by atoms with Crippen molar-refractivity contribution >= 4 is 17.5 Å². The van der Waals surface area contributed by atoms with Crippen LogP contribution < -0.4 is 15.0 Å². The summed E-state index contributed by atoms with van der Waals surface area (Å²) in [4.78, 5) is 26.4. The Bertz CT molecular complexity index is 812. The first-order valence-corrected chi connectivity index (χ1v) is 7.63. The van der Waals surface area contributed by atoms with Crippen molar-refractivity contribution in [3.63, 3.8) is 0 Å². The van der Waals surface area contributed by atoms with Crippen molar-refractivity contribution in [3.05, 3.63) is 53.6 Å². The van der Waals surface area contributed by atoms with Gasteiger partial charge in [-0.1, -0.05) is 12.1 Å². The molecule has 1 N–H and O–H groups in total. The van der Waals surface area contributed by atoms with Gasteiger partial charge in [0.1, 0.15) is 5.75 Å². The Kier molecular flexibility index (Phi) is 3.08. The summed E-state index contributed by atoms with van der Waals surface area (Å²) < 4.78 is 5.88. The third-order valence-electron chi connectivity index (χ3n) is 4.14. The van der Waals surface area contributed by atoms with Crippen molar-refractivity contribution in [1.29, 1.82) is 0 Å². The van der Waals surface area contributed by atoms with Crippen LogP contribution in [-0.4, -0.2) is 24.9 Å². The highest BCUT2D eigenvalue weighted by Crippen LogP contribution is 2.38. The lowest BCUT2D eigenvalue weighted by molar-refractivity contribution is 0.0948. The summed E-state index contributed by atoms with van der Waals surface area (Å²) >= 11 is 0. The number of nitrogens with one attached hydrogen (secondary N) is 1. The summed E-state index contributed by atoms with van der Waals surface area (Å²) in [6.07, 6.45) is 2.07. The zero-order chi connectivity index (χ0) is 16.0. The second-order valence-electron chi connectivity index (χ2n) is 5.89. The molecule has 1 fully saturated rings. The van der Waals surface area contributed by atoms with Gasteiger partial charge in [-0.15, -0.1) is 0 Å². The number of rotatable bonds is 2. The van der Waals surface area contributed by atoms with Crippen LogP contribution in [0, 0.1) is 0 Å². The molecule has 0 radical (unpaired) electrons. The van der Waals surface area contributed by atoms with E-state index in [9.17, 15) is 9.59 Å². The van der Waals surface area contributed by atoms with E-state index in [4.69, 9.17) is 4.74 Å². The van der Waals surface area contributed by atoms with E-state index in [2.05, 4.69) is 5.32 Å². The predicted octanol–water partition coefficient (Wildman–Crippen LogP) is 2.96. The monoisotopic (exact) mass is 308 g/mol. The molecule has 0 bridgehead atoms. The molecule has 0 saturated heterocycles. The third-order valence-corrected chi connectivity index (χ3v) is 4.14. The molecular formula is C18H16N2O3. The molecule has 1 aliphatic carbocycles. The van der Waals surface area contributed by atoms with E-state index in [0.717, 1.165) is 12.8 Å². The number of hydrogen-bond acceptors (Lipinski definition) is 3. The van der Waals surface area contributed by atoms with E-state index in [-0.39, 0.29) is 11.8 Å². The maximum Gasteiger partial charge on any atom is 0.261 e. The molecule has 0 unspecified atom stereocenters. The third kappa shape index (κ3) is 2.44. The standard InChI is InChI=1S/C18H16N2O3/c1-20-14-10-11(17(21)19-12-7-8-12)6-9-16(14)23-15-5-3-2-4-13(15)18(20)22/h2-6,9-10,12H,7-8H2,1H3,(H,19,21). The lowest BCUT2D eigenvalue weighted by atomic mass is 10.1. The number of anilines is 1. The van der Waals surface area contributed by atoms with Crippen LogP contribution in [0.15, 0.2) is 42.5 Å². The maximum atomic E-state index is 12.6. The Morgan fingerprint density at radius 1 is 1.17 bits per heavy atom. The minimum atomic E-state index is -0.154. The topological polar surface area (TPSA) is 58.6 Å². The zero-order valence-corrected chi connectivity index (χ0v) is 12.7. The van der Waals surface area contributed by atoms with Crippen LogP contribution in [0.3, 0.4) is 0 Å². The Hall–Kier alpha value is -2.82. The van der Waals surface area contributed by atoms with Gasteiger partial charge in [-0.25, -0.2) is 0 Å². The van der Waals surface area contributed by atoms with E-state index >= 15 is 0 Å². The fraction of sp³-hybridized carbons (Fsp3) is 0.222. The summed E-state index contributed by atoms with van der Waals surface area (Å²) in [5.41, 5.74) is 1.63. The van der Waals surface area contributed by atoms with Gasteiger partial charge in [0.15, 0.2) is 5.75 Å². The van der Waals surface area contributed by atoms with Gasteiger partial charge in [0, 0.05) is 18.7 Å². The molecule has 2 amide bonds. The van der Waals surface area contributed by atoms with E-state index < -0.39 is 0 Å². The largest absolute Gasteiger partial charge is 0.454 e. The second kappa shape index (κ2) is 5.12. The molecule has 116 valence electrons. The molecule has 4 rings (SSSR count). The molecule has 2 aliphatic rings. The van der Waals surface area contributed by atoms with Gasteiger partial charge >= 0.3 is 0 Å². The molecule has 5 heteroatoms. The van der Waals surface area contributed by atoms with E-state index in [0.29, 0.717) is 34.4 Å². The number of amides is 2. The number of fused-ring (bicyclic) bond motifs is 2. The molecule has 0 spiro atoms. The molecule has 1 saturated carbocycles. The summed E-state index contributed by atoms with van der Waals surface area (Å²) in [6, 6.07) is 12.6. The van der Waals surface area contributed by atoms with Gasteiger partial charge in [0.2, 0.25) is 0 Å². The Labute approximate surface area is 133 Å². The lowest BCUT2D eigenvalue weighted by Gasteiger charge is -2.17. The van der Waals surface area contributed by atoms with Crippen molar-refractivity contribution in [2.24, 2.45) is 0 Å². The smallest absolute Gasteiger partial charge is 0.261 e. The van der Waals surface area contributed by atoms with E-state index in [1.807, 2.05) is 6.07 Å². The highest BCUT2D eigenvalue weighted by atomic mass is 16.5. The SMILES string of the molecule is CN1C(=O)c2ccccc2Oc2ccc(C(=O)NC3CC3)cc21. The van der Waals surface area contributed by atoms with Crippen molar-refractivity contribution in [2.75, 3.05) is 11.9 Å². The van der Waals surface area contributed by atoms with E-state index in [1.165, 1.54) is 4.90 Å². The number of carbonyl (C=O) groups is 2. The van der Waals surface area contributed by atoms with Gasteiger partial charge in [-0.3, -0.25) is 9.59 Å². The van der Waals surface area contributed by atoms with Gasteiger partial charge < -0.3 is 15.0 Å². The van der Waals surface area contributed by atoms with Crippen molar-refractivity contribution in [1.82, 2.24) is 5.32 Å². The summed E-state index contributed by atoms with van der Waals surface area (Å²) in [5.74, 6) is 0.823. The van der Waals surface area contributed by atoms with Crippen molar-refractivity contribution in [3.8, 4) is 11.5 Å². The quantitative estimate of drug-likeness (QED) is 0.928. The minimum Gasteiger partial charge on any atom is -0.454 e. The summed E-state index contributed by atoms with van der Waals surface area (Å²) in [5, 5.41) is 2.95. The van der Waals surface area contributed by atoms with Gasteiger partial charge in [0.05, 0.1) is 11.3 Å². The summed E-state index contributed by atoms with van der Waals surface area (Å²) in [7, 11) is 1.69. The average Bonchev–Trinajstić information content (AvgIpc) is 3.38.